The van der Waals surface area contributed by atoms with Crippen molar-refractivity contribution >= 4 is 17.0 Å². The van der Waals surface area contributed by atoms with Crippen molar-refractivity contribution in [1.29, 1.82) is 0 Å². The van der Waals surface area contributed by atoms with Gasteiger partial charge in [0.15, 0.2) is 5.65 Å². The van der Waals surface area contributed by atoms with Gasteiger partial charge in [-0.15, -0.1) is 0 Å². The van der Waals surface area contributed by atoms with Gasteiger partial charge in [-0.1, -0.05) is 0 Å². The van der Waals surface area contributed by atoms with E-state index in [4.69, 9.17) is 9.97 Å². The van der Waals surface area contributed by atoms with E-state index >= 15 is 0 Å². The molecule has 1 aromatic carbocycles. The molecule has 0 radical (unpaired) electrons. The summed E-state index contributed by atoms with van der Waals surface area (Å²) in [6.45, 7) is 2.07. The third-order valence-corrected chi connectivity index (χ3v) is 4.69. The summed E-state index contributed by atoms with van der Waals surface area (Å²) in [5.74, 6) is 1.43. The molecule has 5 nitrogen and oxygen atoms in total. The first-order valence-corrected chi connectivity index (χ1v) is 8.60. The van der Waals surface area contributed by atoms with Gasteiger partial charge in [-0.2, -0.15) is 0 Å². The fourth-order valence-corrected chi connectivity index (χ4v) is 3.20. The molecule has 0 atom stereocenters. The van der Waals surface area contributed by atoms with Crippen molar-refractivity contribution in [2.24, 2.45) is 0 Å². The molecule has 6 heteroatoms. The minimum Gasteiger partial charge on any atom is -0.356 e. The zero-order chi connectivity index (χ0) is 17.5. The minimum atomic E-state index is -0.265. The monoisotopic (exact) mass is 345 g/mol. The highest BCUT2D eigenvalue weighted by molar-refractivity contribution is 5.81. The van der Waals surface area contributed by atoms with E-state index in [1.54, 1.807) is 24.5 Å². The zero-order valence-corrected chi connectivity index (χ0v) is 14.0. The van der Waals surface area contributed by atoms with Crippen molar-refractivity contribution < 1.29 is 4.39 Å². The topological polar surface area (TPSA) is 46.8 Å². The van der Waals surface area contributed by atoms with Gasteiger partial charge in [0.05, 0.1) is 5.69 Å². The second-order valence-electron chi connectivity index (χ2n) is 6.34. The molecule has 1 aliphatic rings. The van der Waals surface area contributed by atoms with Gasteiger partial charge in [0.1, 0.15) is 23.0 Å². The number of nitrogens with zero attached hydrogens (tertiary/aromatic N) is 5. The van der Waals surface area contributed by atoms with E-state index in [1.165, 1.54) is 18.6 Å². The highest BCUT2D eigenvalue weighted by atomic mass is 19.1. The first-order chi connectivity index (χ1) is 12.8. The Morgan fingerprint density at radius 1 is 0.846 bits per heavy atom. The van der Waals surface area contributed by atoms with Crippen LogP contribution in [0.15, 0.2) is 60.9 Å². The summed E-state index contributed by atoms with van der Waals surface area (Å²) in [6, 6.07) is 14.2. The second kappa shape index (κ2) is 5.91. The van der Waals surface area contributed by atoms with Gasteiger partial charge in [0.25, 0.3) is 0 Å². The highest BCUT2D eigenvalue weighted by Crippen LogP contribution is 2.29. The van der Waals surface area contributed by atoms with Gasteiger partial charge in [-0.25, -0.2) is 14.4 Å². The molecule has 5 rings (SSSR count). The van der Waals surface area contributed by atoms with E-state index in [0.29, 0.717) is 0 Å². The van der Waals surface area contributed by atoms with Gasteiger partial charge in [-0.3, -0.25) is 9.55 Å². The molecule has 0 unspecified atom stereocenters. The third-order valence-electron chi connectivity index (χ3n) is 4.69. The summed E-state index contributed by atoms with van der Waals surface area (Å²) in [5, 5.41) is 0. The first kappa shape index (κ1) is 15.0. The Morgan fingerprint density at radius 3 is 2.31 bits per heavy atom. The van der Waals surface area contributed by atoms with Crippen molar-refractivity contribution in [1.82, 2.24) is 19.5 Å². The maximum absolute atomic E-state index is 13.4. The third kappa shape index (κ3) is 2.42. The molecule has 4 heterocycles. The fourth-order valence-electron chi connectivity index (χ4n) is 3.20. The van der Waals surface area contributed by atoms with Gasteiger partial charge >= 0.3 is 0 Å². The van der Waals surface area contributed by atoms with Crippen LogP contribution in [0.2, 0.25) is 0 Å². The van der Waals surface area contributed by atoms with E-state index in [9.17, 15) is 4.39 Å². The predicted octanol–water partition coefficient (Wildman–Crippen LogP) is 3.83. The van der Waals surface area contributed by atoms with Crippen LogP contribution < -0.4 is 4.90 Å². The van der Waals surface area contributed by atoms with Gasteiger partial charge in [0.2, 0.25) is 0 Å². The molecule has 0 saturated carbocycles. The van der Waals surface area contributed by atoms with Crippen LogP contribution in [0.5, 0.6) is 0 Å². The molecule has 0 aliphatic carbocycles. The van der Waals surface area contributed by atoms with Crippen molar-refractivity contribution in [2.45, 2.75) is 6.42 Å². The molecule has 0 N–H and O–H groups in total. The number of hydrogen-bond donors (Lipinski definition) is 0. The van der Waals surface area contributed by atoms with Crippen LogP contribution in [0.1, 0.15) is 6.42 Å². The van der Waals surface area contributed by atoms with Gasteiger partial charge < -0.3 is 4.90 Å². The summed E-state index contributed by atoms with van der Waals surface area (Å²) in [6.07, 6.45) is 4.69. The summed E-state index contributed by atoms with van der Waals surface area (Å²) in [4.78, 5) is 16.0. The Kier molecular flexibility index (Phi) is 3.41. The van der Waals surface area contributed by atoms with Crippen LogP contribution in [-0.4, -0.2) is 32.6 Å². The van der Waals surface area contributed by atoms with E-state index < -0.39 is 0 Å². The number of benzene rings is 1. The maximum Gasteiger partial charge on any atom is 0.167 e. The largest absolute Gasteiger partial charge is 0.356 e. The Bertz CT molecular complexity index is 1070. The highest BCUT2D eigenvalue weighted by Gasteiger charge is 2.20. The predicted molar refractivity (Wildman–Crippen MR) is 98.9 cm³/mol. The molecular formula is C20H16FN5. The molecule has 0 spiro atoms. The van der Waals surface area contributed by atoms with Crippen LogP contribution in [0.4, 0.5) is 10.2 Å². The number of anilines is 1. The Morgan fingerprint density at radius 2 is 1.62 bits per heavy atom. The van der Waals surface area contributed by atoms with Crippen molar-refractivity contribution in [3.8, 4) is 17.1 Å². The quantitative estimate of drug-likeness (QED) is 0.566. The van der Waals surface area contributed by atoms with Crippen LogP contribution in [0.25, 0.3) is 28.2 Å². The van der Waals surface area contributed by atoms with E-state index in [0.717, 1.165) is 47.1 Å². The van der Waals surface area contributed by atoms with E-state index in [2.05, 4.69) is 9.88 Å². The number of imidazole rings is 1. The number of hydrogen-bond acceptors (Lipinski definition) is 4. The summed E-state index contributed by atoms with van der Waals surface area (Å²) >= 11 is 0. The van der Waals surface area contributed by atoms with Crippen LogP contribution >= 0.6 is 0 Å². The Labute approximate surface area is 149 Å². The lowest BCUT2D eigenvalue weighted by Gasteiger charge is -2.31. The molecule has 1 fully saturated rings. The Balaban J connectivity index is 1.76. The summed E-state index contributed by atoms with van der Waals surface area (Å²) in [7, 11) is 0. The zero-order valence-electron chi connectivity index (χ0n) is 14.0. The minimum absolute atomic E-state index is 0.265. The lowest BCUT2D eigenvalue weighted by Crippen LogP contribution is -2.37. The molecule has 0 bridgehead atoms. The SMILES string of the molecule is Fc1ccc(-c2nc3ccc(N4CCC4)nc3n2-c2ccncc2)cc1. The van der Waals surface area contributed by atoms with Gasteiger partial charge in [0, 0.05) is 31.0 Å². The van der Waals surface area contributed by atoms with Crippen molar-refractivity contribution in [3.63, 3.8) is 0 Å². The van der Waals surface area contributed by atoms with Crippen LogP contribution in [0.3, 0.4) is 0 Å². The number of aromatic nitrogens is 4. The molecule has 3 aromatic heterocycles. The number of rotatable bonds is 3. The summed E-state index contributed by atoms with van der Waals surface area (Å²) in [5.41, 5.74) is 3.37. The smallest absolute Gasteiger partial charge is 0.167 e. The van der Waals surface area contributed by atoms with Crippen molar-refractivity contribution in [3.05, 3.63) is 66.7 Å². The molecule has 1 aliphatic heterocycles. The van der Waals surface area contributed by atoms with Crippen LogP contribution in [0, 0.1) is 5.82 Å². The molecule has 0 amide bonds. The molecule has 1 saturated heterocycles. The van der Waals surface area contributed by atoms with Gasteiger partial charge in [-0.05, 0) is 55.0 Å². The lowest BCUT2D eigenvalue weighted by molar-refractivity contribution is 0.610. The fraction of sp³-hybridized carbons (Fsp3) is 0.150. The van der Waals surface area contributed by atoms with E-state index in [-0.39, 0.29) is 5.82 Å². The standard InChI is InChI=1S/C20H16FN5/c21-15-4-2-14(3-5-15)19-23-17-6-7-18(25-12-1-13-25)24-20(17)26(19)16-8-10-22-11-9-16/h2-11H,1,12-13H2. The second-order valence-corrected chi connectivity index (χ2v) is 6.34. The molecule has 128 valence electrons. The first-order valence-electron chi connectivity index (χ1n) is 8.60. The lowest BCUT2D eigenvalue weighted by atomic mass is 10.2. The van der Waals surface area contributed by atoms with Crippen LogP contribution in [-0.2, 0) is 0 Å². The summed E-state index contributed by atoms with van der Waals surface area (Å²) < 4.78 is 15.4. The molecular weight excluding hydrogens is 329 g/mol. The average Bonchev–Trinajstić information content (AvgIpc) is 3.00. The number of fused-ring (bicyclic) bond motifs is 1. The van der Waals surface area contributed by atoms with Crippen molar-refractivity contribution in [2.75, 3.05) is 18.0 Å². The maximum atomic E-state index is 13.4. The normalized spacial score (nSPS) is 13.8. The van der Waals surface area contributed by atoms with E-state index in [1.807, 2.05) is 28.8 Å². The Hall–Kier alpha value is -3.28. The molecule has 4 aromatic rings. The number of halogens is 1. The number of pyridine rings is 2. The average molecular weight is 345 g/mol. The molecule has 26 heavy (non-hydrogen) atoms.